The fourth-order valence-corrected chi connectivity index (χ4v) is 3.87. The van der Waals surface area contributed by atoms with E-state index in [-0.39, 0.29) is 6.29 Å². The van der Waals surface area contributed by atoms with Crippen LogP contribution in [-0.4, -0.2) is 13.2 Å². The molecule has 1 aliphatic carbocycles. The highest BCUT2D eigenvalue weighted by atomic mass is 19.3. The number of halogens is 2. The minimum atomic E-state index is -1.69. The van der Waals surface area contributed by atoms with E-state index in [1.165, 1.54) is 38.5 Å². The van der Waals surface area contributed by atoms with Gasteiger partial charge in [0.05, 0.1) is 13.2 Å². The maximum atomic E-state index is 12.3. The minimum absolute atomic E-state index is 0.375. The number of hydrogen-bond donors (Lipinski definition) is 0. The lowest BCUT2D eigenvalue weighted by molar-refractivity contribution is -0.206. The molecule has 1 saturated carbocycles. The van der Waals surface area contributed by atoms with Gasteiger partial charge in [0, 0.05) is 17.6 Å². The van der Waals surface area contributed by atoms with Crippen LogP contribution in [-0.2, 0) is 9.47 Å². The van der Waals surface area contributed by atoms with E-state index in [2.05, 4.69) is 6.92 Å². The zero-order valence-electron chi connectivity index (χ0n) is 14.9. The van der Waals surface area contributed by atoms with Gasteiger partial charge in [-0.3, -0.25) is 0 Å². The van der Waals surface area contributed by atoms with Crippen molar-refractivity contribution in [3.63, 3.8) is 0 Å². The minimum Gasteiger partial charge on any atom is -0.348 e. The third kappa shape index (κ3) is 5.61. The van der Waals surface area contributed by atoms with Crippen LogP contribution in [0.2, 0.25) is 0 Å². The van der Waals surface area contributed by atoms with Crippen molar-refractivity contribution in [3.8, 4) is 0 Å². The smallest absolute Gasteiger partial charge is 0.270 e. The zero-order chi connectivity index (χ0) is 17.6. The molecular formula is C21H28F2O2. The molecular weight excluding hydrogens is 322 g/mol. The molecule has 2 nitrogen and oxygen atoms in total. The van der Waals surface area contributed by atoms with Crippen LogP contribution in [0.4, 0.5) is 8.78 Å². The summed E-state index contributed by atoms with van der Waals surface area (Å²) >= 11 is 0. The van der Waals surface area contributed by atoms with Crippen molar-refractivity contribution in [2.75, 3.05) is 13.2 Å². The van der Waals surface area contributed by atoms with Crippen molar-refractivity contribution in [1.82, 2.24) is 0 Å². The first-order valence-corrected chi connectivity index (χ1v) is 9.46. The Balaban J connectivity index is 1.41. The summed E-state index contributed by atoms with van der Waals surface area (Å²) in [4.78, 5) is 0. The molecule has 3 rings (SSSR count). The van der Waals surface area contributed by atoms with Crippen molar-refractivity contribution in [3.05, 3.63) is 41.5 Å². The van der Waals surface area contributed by atoms with Gasteiger partial charge in [0.25, 0.3) is 6.08 Å². The van der Waals surface area contributed by atoms with Crippen molar-refractivity contribution in [2.24, 2.45) is 17.8 Å². The van der Waals surface area contributed by atoms with E-state index in [1.54, 1.807) is 24.3 Å². The predicted molar refractivity (Wildman–Crippen MR) is 95.1 cm³/mol. The van der Waals surface area contributed by atoms with Gasteiger partial charge in [0.15, 0.2) is 6.29 Å². The van der Waals surface area contributed by atoms with Crippen LogP contribution in [0.5, 0.6) is 0 Å². The van der Waals surface area contributed by atoms with Crippen molar-refractivity contribution >= 4 is 6.08 Å². The Kier molecular flexibility index (Phi) is 6.60. The molecule has 1 heterocycles. The summed E-state index contributed by atoms with van der Waals surface area (Å²) in [7, 11) is 0. The maximum Gasteiger partial charge on any atom is 0.270 e. The molecule has 4 heteroatoms. The molecule has 1 aromatic rings. The number of rotatable bonds is 5. The zero-order valence-corrected chi connectivity index (χ0v) is 14.9. The molecule has 0 bridgehead atoms. The predicted octanol–water partition coefficient (Wildman–Crippen LogP) is 6.19. The molecule has 2 fully saturated rings. The van der Waals surface area contributed by atoms with E-state index in [9.17, 15) is 8.78 Å². The van der Waals surface area contributed by atoms with Crippen molar-refractivity contribution in [1.29, 1.82) is 0 Å². The average Bonchev–Trinajstić information content (AvgIpc) is 2.62. The van der Waals surface area contributed by atoms with Gasteiger partial charge in [0.1, 0.15) is 0 Å². The van der Waals surface area contributed by atoms with E-state index in [0.717, 1.165) is 23.5 Å². The van der Waals surface area contributed by atoms with Crippen molar-refractivity contribution in [2.45, 2.75) is 51.7 Å². The normalized spacial score (nSPS) is 30.0. The van der Waals surface area contributed by atoms with Gasteiger partial charge in [-0.25, -0.2) is 0 Å². The second kappa shape index (κ2) is 8.91. The van der Waals surface area contributed by atoms with E-state index < -0.39 is 6.08 Å². The van der Waals surface area contributed by atoms with Crippen LogP contribution in [0, 0.1) is 17.8 Å². The van der Waals surface area contributed by atoms with E-state index in [4.69, 9.17) is 9.47 Å². The number of benzene rings is 1. The topological polar surface area (TPSA) is 18.5 Å². The van der Waals surface area contributed by atoms with Gasteiger partial charge in [-0.1, -0.05) is 63.3 Å². The first-order valence-electron chi connectivity index (χ1n) is 9.46. The Morgan fingerprint density at radius 2 is 1.56 bits per heavy atom. The fourth-order valence-electron chi connectivity index (χ4n) is 3.87. The van der Waals surface area contributed by atoms with E-state index in [1.807, 2.05) is 0 Å². The first-order chi connectivity index (χ1) is 12.1. The molecule has 0 unspecified atom stereocenters. The Hall–Kier alpha value is -1.26. The Labute approximate surface area is 149 Å². The third-order valence-electron chi connectivity index (χ3n) is 5.57. The highest BCUT2D eigenvalue weighted by Crippen LogP contribution is 2.33. The molecule has 0 spiro atoms. The molecule has 0 atom stereocenters. The van der Waals surface area contributed by atoms with E-state index >= 15 is 0 Å². The molecule has 2 aliphatic rings. The van der Waals surface area contributed by atoms with Crippen LogP contribution >= 0.6 is 0 Å². The molecule has 0 aromatic heterocycles. The van der Waals surface area contributed by atoms with Gasteiger partial charge >= 0.3 is 0 Å². The largest absolute Gasteiger partial charge is 0.348 e. The van der Waals surface area contributed by atoms with E-state index in [0.29, 0.717) is 24.7 Å². The summed E-state index contributed by atoms with van der Waals surface area (Å²) in [5.41, 5.74) is 1.37. The second-order valence-electron chi connectivity index (χ2n) is 7.67. The first kappa shape index (κ1) is 18.5. The summed E-state index contributed by atoms with van der Waals surface area (Å²) in [6.45, 7) is 3.79. The average molecular weight is 350 g/mol. The highest BCUT2D eigenvalue weighted by Gasteiger charge is 2.25. The number of ether oxygens (including phenoxy) is 2. The van der Waals surface area contributed by atoms with Crippen LogP contribution < -0.4 is 0 Å². The van der Waals surface area contributed by atoms with Gasteiger partial charge in [0.2, 0.25) is 0 Å². The third-order valence-corrected chi connectivity index (χ3v) is 5.57. The van der Waals surface area contributed by atoms with Crippen LogP contribution in [0.3, 0.4) is 0 Å². The Bertz CT molecular complexity index is 550. The molecule has 0 amide bonds. The monoisotopic (exact) mass is 350 g/mol. The quantitative estimate of drug-likeness (QED) is 0.630. The van der Waals surface area contributed by atoms with Gasteiger partial charge < -0.3 is 9.47 Å². The number of hydrogen-bond acceptors (Lipinski definition) is 2. The van der Waals surface area contributed by atoms with Crippen LogP contribution in [0.1, 0.15) is 62.9 Å². The van der Waals surface area contributed by atoms with Gasteiger partial charge in [-0.15, -0.1) is 0 Å². The Morgan fingerprint density at radius 1 is 0.960 bits per heavy atom. The second-order valence-corrected chi connectivity index (χ2v) is 7.67. The molecule has 1 aromatic carbocycles. The molecule has 138 valence electrons. The fraction of sp³-hybridized carbons (Fsp3) is 0.619. The SMILES string of the molecule is CC1CCC(CCC2COC(c3ccc(C=C(F)F)cc3)OC2)CC1. The summed E-state index contributed by atoms with van der Waals surface area (Å²) < 4.78 is 36.3. The Morgan fingerprint density at radius 3 is 2.16 bits per heavy atom. The van der Waals surface area contributed by atoms with Gasteiger partial charge in [-0.05, 0) is 23.8 Å². The van der Waals surface area contributed by atoms with Crippen molar-refractivity contribution < 1.29 is 18.3 Å². The molecule has 0 radical (unpaired) electrons. The van der Waals surface area contributed by atoms with Crippen LogP contribution in [0.15, 0.2) is 30.3 Å². The standard InChI is InChI=1S/C21H28F2O2/c1-15-2-4-16(5-3-15)6-7-18-13-24-21(25-14-18)19-10-8-17(9-11-19)12-20(22)23/h8-12,15-16,18,21H,2-7,13-14H2,1H3. The summed E-state index contributed by atoms with van der Waals surface area (Å²) in [6.07, 6.45) is 6.75. The molecule has 1 saturated heterocycles. The molecule has 25 heavy (non-hydrogen) atoms. The summed E-state index contributed by atoms with van der Waals surface area (Å²) in [5.74, 6) is 2.26. The molecule has 1 aliphatic heterocycles. The lowest BCUT2D eigenvalue weighted by Gasteiger charge is -2.31. The summed E-state index contributed by atoms with van der Waals surface area (Å²) in [5, 5.41) is 0. The summed E-state index contributed by atoms with van der Waals surface area (Å²) in [6, 6.07) is 6.92. The maximum absolute atomic E-state index is 12.3. The van der Waals surface area contributed by atoms with Crippen LogP contribution in [0.25, 0.3) is 6.08 Å². The lowest BCUT2D eigenvalue weighted by Crippen LogP contribution is -2.27. The lowest BCUT2D eigenvalue weighted by atomic mass is 9.80. The van der Waals surface area contributed by atoms with Gasteiger partial charge in [-0.2, -0.15) is 8.78 Å². The molecule has 0 N–H and O–H groups in total. The highest BCUT2D eigenvalue weighted by molar-refractivity contribution is 5.50.